The number of hydrogen-bond acceptors (Lipinski definition) is 5. The predicted octanol–water partition coefficient (Wildman–Crippen LogP) is 6.81. The van der Waals surface area contributed by atoms with E-state index in [1.807, 2.05) is 31.3 Å². The Bertz CT molecular complexity index is 1980. The third kappa shape index (κ3) is 6.81. The summed E-state index contributed by atoms with van der Waals surface area (Å²) in [5.74, 6) is -0.240. The lowest BCUT2D eigenvalue weighted by Gasteiger charge is -2.14. The number of halogens is 1. The van der Waals surface area contributed by atoms with Crippen LogP contribution in [0.3, 0.4) is 0 Å². The first-order valence-electron chi connectivity index (χ1n) is 15.7. The van der Waals surface area contributed by atoms with Gasteiger partial charge in [-0.15, -0.1) is 0 Å². The van der Waals surface area contributed by atoms with E-state index in [2.05, 4.69) is 68.7 Å². The molecule has 0 aliphatic carbocycles. The molecule has 4 aromatic heterocycles. The Morgan fingerprint density at radius 2 is 1.96 bits per heavy atom. The Morgan fingerprint density at radius 1 is 1.11 bits per heavy atom. The predicted molar refractivity (Wildman–Crippen MR) is 183 cm³/mol. The van der Waals surface area contributed by atoms with Crippen LogP contribution in [0, 0.1) is 5.82 Å². The van der Waals surface area contributed by atoms with Gasteiger partial charge in [-0.3, -0.25) is 15.1 Å². The number of allylic oxidation sites excluding steroid dienone is 3. The molecule has 5 heterocycles. The van der Waals surface area contributed by atoms with E-state index < -0.39 is 0 Å². The summed E-state index contributed by atoms with van der Waals surface area (Å²) in [5.41, 5.74) is 8.73. The molecule has 45 heavy (non-hydrogen) atoms. The first kappa shape index (κ1) is 30.2. The van der Waals surface area contributed by atoms with Crippen molar-refractivity contribution < 1.29 is 4.39 Å². The van der Waals surface area contributed by atoms with Gasteiger partial charge in [0.1, 0.15) is 11.5 Å². The van der Waals surface area contributed by atoms with E-state index >= 15 is 0 Å². The van der Waals surface area contributed by atoms with E-state index in [0.29, 0.717) is 5.35 Å². The molecule has 3 N–H and O–H groups in total. The number of aromatic nitrogens is 5. The van der Waals surface area contributed by atoms with Crippen LogP contribution in [0.1, 0.15) is 50.7 Å². The zero-order valence-electron chi connectivity index (χ0n) is 26.1. The molecule has 1 aliphatic heterocycles. The molecule has 8 heteroatoms. The molecule has 1 aromatic carbocycles. The standard InChI is InChI=1S/C37H40FN7/c1-5-24(3)41-31-19-29(22-39-23-31)27(6-2)20-32-25(4)43-44-37(32)35-21-33-34(42-35)11-12-40-36(33)28-16-26(17-30(38)18-28)10-9-15-45-13-7-8-14-45/h6,11-12,16-23,41-43H,3-5,7-10,13-15H2,1-2H3/b27-6+,32-20+. The summed E-state index contributed by atoms with van der Waals surface area (Å²) >= 11 is 0. The van der Waals surface area contributed by atoms with Gasteiger partial charge in [0.25, 0.3) is 0 Å². The van der Waals surface area contributed by atoms with Gasteiger partial charge in [-0.05, 0) is 112 Å². The molecule has 0 radical (unpaired) electrons. The van der Waals surface area contributed by atoms with Gasteiger partial charge < -0.3 is 15.2 Å². The molecule has 0 bridgehead atoms. The van der Waals surface area contributed by atoms with Crippen LogP contribution in [0.25, 0.3) is 51.8 Å². The monoisotopic (exact) mass is 601 g/mol. The average molecular weight is 602 g/mol. The van der Waals surface area contributed by atoms with E-state index in [1.54, 1.807) is 24.5 Å². The molecule has 0 spiro atoms. The second-order valence-corrected chi connectivity index (χ2v) is 11.7. The number of fused-ring (bicyclic) bond motifs is 1. The van der Waals surface area contributed by atoms with Gasteiger partial charge in [-0.25, -0.2) is 4.39 Å². The molecule has 1 fully saturated rings. The van der Waals surface area contributed by atoms with Crippen molar-refractivity contribution >= 4 is 34.8 Å². The highest BCUT2D eigenvalue weighted by molar-refractivity contribution is 5.96. The maximum atomic E-state index is 14.9. The first-order chi connectivity index (χ1) is 21.9. The lowest BCUT2D eigenvalue weighted by molar-refractivity contribution is 0.334. The van der Waals surface area contributed by atoms with Crippen LogP contribution in [0.4, 0.5) is 10.1 Å². The van der Waals surface area contributed by atoms with Gasteiger partial charge >= 0.3 is 0 Å². The van der Waals surface area contributed by atoms with Gasteiger partial charge in [0, 0.05) is 45.3 Å². The number of pyridine rings is 2. The summed E-state index contributed by atoms with van der Waals surface area (Å²) in [5, 5.41) is 13.5. The van der Waals surface area contributed by atoms with E-state index in [0.717, 1.165) is 92.7 Å². The van der Waals surface area contributed by atoms with Crippen molar-refractivity contribution in [2.75, 3.05) is 25.0 Å². The Kier molecular flexibility index (Phi) is 9.03. The number of H-pyrrole nitrogens is 2. The van der Waals surface area contributed by atoms with Crippen molar-refractivity contribution in [1.29, 1.82) is 0 Å². The zero-order valence-corrected chi connectivity index (χ0v) is 26.1. The number of aryl methyl sites for hydroxylation is 1. The van der Waals surface area contributed by atoms with Gasteiger partial charge in [-0.2, -0.15) is 5.10 Å². The van der Waals surface area contributed by atoms with Crippen molar-refractivity contribution in [3.8, 4) is 22.6 Å². The van der Waals surface area contributed by atoms with Crippen molar-refractivity contribution in [3.63, 3.8) is 0 Å². The minimum atomic E-state index is -0.240. The van der Waals surface area contributed by atoms with Gasteiger partial charge in [0.15, 0.2) is 0 Å². The van der Waals surface area contributed by atoms with Crippen LogP contribution < -0.4 is 15.9 Å². The normalized spacial score (nSPS) is 14.5. The minimum absolute atomic E-state index is 0.240. The van der Waals surface area contributed by atoms with Crippen molar-refractivity contribution in [3.05, 3.63) is 101 Å². The lowest BCUT2D eigenvalue weighted by atomic mass is 10.0. The Labute approximate surface area is 263 Å². The third-order valence-corrected chi connectivity index (χ3v) is 8.49. The molecule has 7 nitrogen and oxygen atoms in total. The maximum absolute atomic E-state index is 14.9. The van der Waals surface area contributed by atoms with Crippen molar-refractivity contribution in [2.24, 2.45) is 0 Å². The molecule has 5 aromatic rings. The molecule has 230 valence electrons. The quantitative estimate of drug-likeness (QED) is 0.155. The van der Waals surface area contributed by atoms with Crippen LogP contribution in [0.5, 0.6) is 0 Å². The fourth-order valence-corrected chi connectivity index (χ4v) is 6.05. The molecule has 0 amide bonds. The zero-order chi connectivity index (χ0) is 31.3. The largest absolute Gasteiger partial charge is 0.358 e. The molecule has 1 aliphatic rings. The van der Waals surface area contributed by atoms with E-state index in [9.17, 15) is 4.39 Å². The summed E-state index contributed by atoms with van der Waals surface area (Å²) in [6.07, 6.45) is 14.8. The second-order valence-electron chi connectivity index (χ2n) is 11.7. The summed E-state index contributed by atoms with van der Waals surface area (Å²) in [7, 11) is 0. The van der Waals surface area contributed by atoms with Gasteiger partial charge in [0.2, 0.25) is 0 Å². The second kappa shape index (κ2) is 13.4. The Morgan fingerprint density at radius 3 is 2.76 bits per heavy atom. The highest BCUT2D eigenvalue weighted by Crippen LogP contribution is 2.31. The highest BCUT2D eigenvalue weighted by atomic mass is 19.1. The number of aromatic amines is 2. The first-order valence-corrected chi connectivity index (χ1v) is 15.7. The fraction of sp³-hybridized carbons (Fsp3) is 0.270. The summed E-state index contributed by atoms with van der Waals surface area (Å²) in [4.78, 5) is 15.2. The smallest absolute Gasteiger partial charge is 0.124 e. The number of likely N-dealkylation sites (tertiary alicyclic amines) is 1. The summed E-state index contributed by atoms with van der Waals surface area (Å²) in [6, 6.07) is 11.3. The van der Waals surface area contributed by atoms with Crippen LogP contribution in [-0.2, 0) is 6.42 Å². The number of rotatable bonds is 11. The third-order valence-electron chi connectivity index (χ3n) is 8.49. The minimum Gasteiger partial charge on any atom is -0.358 e. The Hall–Kier alpha value is -4.82. The van der Waals surface area contributed by atoms with Crippen molar-refractivity contribution in [2.45, 2.75) is 46.0 Å². The maximum Gasteiger partial charge on any atom is 0.124 e. The van der Waals surface area contributed by atoms with Crippen LogP contribution in [0.15, 0.2) is 73.3 Å². The molecule has 0 atom stereocenters. The molecular weight excluding hydrogens is 561 g/mol. The fourth-order valence-electron chi connectivity index (χ4n) is 6.05. The Balaban J connectivity index is 1.33. The number of anilines is 1. The van der Waals surface area contributed by atoms with Gasteiger partial charge in [-0.1, -0.05) is 26.2 Å². The number of nitrogens with one attached hydrogen (secondary N) is 3. The topological polar surface area (TPSA) is 85.5 Å². The number of benzene rings is 1. The average Bonchev–Trinajstić information content (AvgIpc) is 3.80. The number of hydrogen-bond donors (Lipinski definition) is 3. The van der Waals surface area contributed by atoms with Gasteiger partial charge in [0.05, 0.1) is 28.6 Å². The van der Waals surface area contributed by atoms with Crippen LogP contribution in [0.2, 0.25) is 0 Å². The molecular formula is C37H40FN7. The summed E-state index contributed by atoms with van der Waals surface area (Å²) < 4.78 is 14.9. The number of nitrogens with zero attached hydrogens (tertiary/aromatic N) is 4. The highest BCUT2D eigenvalue weighted by Gasteiger charge is 2.15. The van der Waals surface area contributed by atoms with Crippen LogP contribution in [-0.4, -0.2) is 49.7 Å². The van der Waals surface area contributed by atoms with Crippen LogP contribution >= 0.6 is 0 Å². The summed E-state index contributed by atoms with van der Waals surface area (Å²) in [6.45, 7) is 15.7. The van der Waals surface area contributed by atoms with E-state index in [-0.39, 0.29) is 5.82 Å². The lowest BCUT2D eigenvalue weighted by Crippen LogP contribution is -2.22. The SMILES string of the molecule is C=C(CC)Nc1cncc(C(/C=c2/c(-c3cc4c(-c5cc(F)cc(CCCN6CCCC6)c5)nccc4[nH]3)n[nH]c2=C)=C/C)c1. The molecule has 0 saturated carbocycles. The molecule has 6 rings (SSSR count). The van der Waals surface area contributed by atoms with E-state index in [4.69, 9.17) is 4.98 Å². The van der Waals surface area contributed by atoms with E-state index in [1.165, 1.54) is 25.9 Å². The molecule has 1 saturated heterocycles. The van der Waals surface area contributed by atoms with Crippen molar-refractivity contribution in [1.82, 2.24) is 30.0 Å². The molecule has 0 unspecified atom stereocenters.